The Morgan fingerprint density at radius 3 is 2.86 bits per heavy atom. The van der Waals surface area contributed by atoms with Crippen molar-refractivity contribution in [1.82, 2.24) is 0 Å². The molecule has 0 bridgehead atoms. The molecule has 0 spiro atoms. The number of benzene rings is 2. The fourth-order valence-electron chi connectivity index (χ4n) is 2.17. The van der Waals surface area contributed by atoms with Gasteiger partial charge in [0.1, 0.15) is 5.75 Å². The van der Waals surface area contributed by atoms with Gasteiger partial charge in [-0.1, -0.05) is 18.2 Å². The molecule has 3 rings (SSSR count). The third-order valence-corrected chi connectivity index (χ3v) is 3.86. The van der Waals surface area contributed by atoms with Gasteiger partial charge >= 0.3 is 0 Å². The standard InChI is InChI=1S/C16H13IN2O3/c17-10-4-3-5-11(8-10)18-15(20)9-14-16(21)19-12-6-1-2-7-13(12)22-14/h1-8,14H,9H2,(H,18,20)(H,19,21)/t14-/m0/s1. The van der Waals surface area contributed by atoms with Gasteiger partial charge in [-0.15, -0.1) is 0 Å². The highest BCUT2D eigenvalue weighted by molar-refractivity contribution is 14.1. The van der Waals surface area contributed by atoms with Crippen LogP contribution >= 0.6 is 22.6 Å². The zero-order chi connectivity index (χ0) is 15.5. The monoisotopic (exact) mass is 408 g/mol. The summed E-state index contributed by atoms with van der Waals surface area (Å²) in [5.41, 5.74) is 1.33. The number of carbonyl (C=O) groups is 2. The van der Waals surface area contributed by atoms with Crippen molar-refractivity contribution in [3.05, 3.63) is 52.1 Å². The van der Waals surface area contributed by atoms with E-state index < -0.39 is 6.10 Å². The summed E-state index contributed by atoms with van der Waals surface area (Å²) in [6.07, 6.45) is -0.858. The third kappa shape index (κ3) is 3.38. The summed E-state index contributed by atoms with van der Waals surface area (Å²) in [4.78, 5) is 24.1. The van der Waals surface area contributed by atoms with Crippen LogP contribution in [-0.2, 0) is 9.59 Å². The van der Waals surface area contributed by atoms with Crippen LogP contribution in [0.4, 0.5) is 11.4 Å². The summed E-state index contributed by atoms with van der Waals surface area (Å²) in [5, 5.41) is 5.51. The van der Waals surface area contributed by atoms with Crippen molar-refractivity contribution >= 4 is 45.8 Å². The Bertz CT molecular complexity index is 733. The lowest BCUT2D eigenvalue weighted by atomic mass is 10.1. The number of para-hydroxylation sites is 2. The van der Waals surface area contributed by atoms with E-state index in [1.807, 2.05) is 30.3 Å². The molecule has 0 fully saturated rings. The predicted octanol–water partition coefficient (Wildman–Crippen LogP) is 3.02. The van der Waals surface area contributed by atoms with Gasteiger partial charge in [0.2, 0.25) is 5.91 Å². The van der Waals surface area contributed by atoms with E-state index in [2.05, 4.69) is 33.2 Å². The van der Waals surface area contributed by atoms with Crippen LogP contribution in [0, 0.1) is 3.57 Å². The fourth-order valence-corrected chi connectivity index (χ4v) is 2.72. The summed E-state index contributed by atoms with van der Waals surface area (Å²) in [5.74, 6) is 0.00665. The number of amides is 2. The molecule has 0 radical (unpaired) electrons. The maximum Gasteiger partial charge on any atom is 0.266 e. The van der Waals surface area contributed by atoms with E-state index in [9.17, 15) is 9.59 Å². The highest BCUT2D eigenvalue weighted by atomic mass is 127. The van der Waals surface area contributed by atoms with Crippen molar-refractivity contribution in [2.75, 3.05) is 10.6 Å². The van der Waals surface area contributed by atoms with E-state index in [0.717, 1.165) is 3.57 Å². The first-order chi connectivity index (χ1) is 10.6. The smallest absolute Gasteiger partial charge is 0.266 e. The molecule has 0 unspecified atom stereocenters. The summed E-state index contributed by atoms with van der Waals surface area (Å²) in [6, 6.07) is 14.6. The molecule has 0 aromatic heterocycles. The van der Waals surface area contributed by atoms with E-state index >= 15 is 0 Å². The van der Waals surface area contributed by atoms with Crippen LogP contribution in [0.1, 0.15) is 6.42 Å². The number of fused-ring (bicyclic) bond motifs is 1. The molecule has 112 valence electrons. The number of hydrogen-bond acceptors (Lipinski definition) is 3. The third-order valence-electron chi connectivity index (χ3n) is 3.19. The summed E-state index contributed by atoms with van der Waals surface area (Å²) in [7, 11) is 0. The number of halogens is 1. The number of anilines is 2. The lowest BCUT2D eigenvalue weighted by Crippen LogP contribution is -2.39. The fraction of sp³-hybridized carbons (Fsp3) is 0.125. The molecule has 0 aliphatic carbocycles. The van der Waals surface area contributed by atoms with Gasteiger partial charge in [0.05, 0.1) is 12.1 Å². The minimum absolute atomic E-state index is 0.0361. The van der Waals surface area contributed by atoms with Crippen molar-refractivity contribution in [1.29, 1.82) is 0 Å². The van der Waals surface area contributed by atoms with E-state index in [-0.39, 0.29) is 18.2 Å². The largest absolute Gasteiger partial charge is 0.478 e. The Balaban J connectivity index is 1.66. The molecule has 2 aromatic carbocycles. The number of nitrogens with one attached hydrogen (secondary N) is 2. The summed E-state index contributed by atoms with van der Waals surface area (Å²) < 4.78 is 6.63. The van der Waals surface area contributed by atoms with E-state index in [0.29, 0.717) is 17.1 Å². The van der Waals surface area contributed by atoms with Crippen LogP contribution in [0.3, 0.4) is 0 Å². The van der Waals surface area contributed by atoms with Gasteiger partial charge in [0.15, 0.2) is 6.10 Å². The van der Waals surface area contributed by atoms with E-state index in [4.69, 9.17) is 4.74 Å². The topological polar surface area (TPSA) is 67.4 Å². The quantitative estimate of drug-likeness (QED) is 0.768. The Labute approximate surface area is 141 Å². The Morgan fingerprint density at radius 1 is 1.23 bits per heavy atom. The predicted molar refractivity (Wildman–Crippen MR) is 91.9 cm³/mol. The van der Waals surface area contributed by atoms with Crippen LogP contribution in [0.15, 0.2) is 48.5 Å². The van der Waals surface area contributed by atoms with Gasteiger partial charge in [-0.3, -0.25) is 9.59 Å². The second-order valence-electron chi connectivity index (χ2n) is 4.85. The van der Waals surface area contributed by atoms with Crippen molar-refractivity contribution < 1.29 is 14.3 Å². The molecule has 0 saturated heterocycles. The van der Waals surface area contributed by atoms with E-state index in [1.165, 1.54) is 0 Å². The van der Waals surface area contributed by atoms with Crippen LogP contribution in [-0.4, -0.2) is 17.9 Å². The first-order valence-corrected chi connectivity index (χ1v) is 7.82. The average Bonchev–Trinajstić information content (AvgIpc) is 2.48. The van der Waals surface area contributed by atoms with Gasteiger partial charge in [-0.05, 0) is 52.9 Å². The number of ether oxygens (including phenoxy) is 1. The summed E-state index contributed by atoms with van der Waals surface area (Å²) >= 11 is 2.17. The normalized spacial score (nSPS) is 16.2. The zero-order valence-electron chi connectivity index (χ0n) is 11.5. The minimum atomic E-state index is -0.822. The highest BCUT2D eigenvalue weighted by Crippen LogP contribution is 2.29. The van der Waals surface area contributed by atoms with Crippen molar-refractivity contribution in [2.24, 2.45) is 0 Å². The Hall–Kier alpha value is -2.09. The van der Waals surface area contributed by atoms with Gasteiger partial charge in [-0.25, -0.2) is 0 Å². The lowest BCUT2D eigenvalue weighted by molar-refractivity contribution is -0.128. The van der Waals surface area contributed by atoms with Gasteiger partial charge < -0.3 is 15.4 Å². The molecule has 6 heteroatoms. The van der Waals surface area contributed by atoms with Gasteiger partial charge in [0, 0.05) is 9.26 Å². The molecule has 1 aliphatic heterocycles. The van der Waals surface area contributed by atoms with Crippen LogP contribution in [0.5, 0.6) is 5.75 Å². The van der Waals surface area contributed by atoms with Crippen molar-refractivity contribution in [2.45, 2.75) is 12.5 Å². The molecular weight excluding hydrogens is 395 g/mol. The Morgan fingerprint density at radius 2 is 2.05 bits per heavy atom. The first-order valence-electron chi connectivity index (χ1n) is 6.74. The molecular formula is C16H13IN2O3. The van der Waals surface area contributed by atoms with Crippen LogP contribution in [0.2, 0.25) is 0 Å². The maximum absolute atomic E-state index is 12.1. The number of rotatable bonds is 3. The molecule has 1 aliphatic rings. The zero-order valence-corrected chi connectivity index (χ0v) is 13.7. The molecule has 22 heavy (non-hydrogen) atoms. The van der Waals surface area contributed by atoms with Crippen molar-refractivity contribution in [3.8, 4) is 5.75 Å². The van der Waals surface area contributed by atoms with Crippen molar-refractivity contribution in [3.63, 3.8) is 0 Å². The maximum atomic E-state index is 12.1. The molecule has 5 nitrogen and oxygen atoms in total. The molecule has 0 saturated carbocycles. The molecule has 2 aromatic rings. The second-order valence-corrected chi connectivity index (χ2v) is 6.10. The molecule has 1 heterocycles. The highest BCUT2D eigenvalue weighted by Gasteiger charge is 2.29. The molecule has 2 N–H and O–H groups in total. The van der Waals surface area contributed by atoms with Crippen LogP contribution in [0.25, 0.3) is 0 Å². The lowest BCUT2D eigenvalue weighted by Gasteiger charge is -2.25. The molecule has 1 atom stereocenters. The van der Waals surface area contributed by atoms with E-state index in [1.54, 1.807) is 18.2 Å². The minimum Gasteiger partial charge on any atom is -0.478 e. The first kappa shape index (κ1) is 14.8. The summed E-state index contributed by atoms with van der Waals surface area (Å²) in [6.45, 7) is 0. The average molecular weight is 408 g/mol. The number of hydrogen-bond donors (Lipinski definition) is 2. The van der Waals surface area contributed by atoms with Crippen LogP contribution < -0.4 is 15.4 Å². The number of carbonyl (C=O) groups excluding carboxylic acids is 2. The molecule has 2 amide bonds. The SMILES string of the molecule is O=C(C[C@@H]1Oc2ccccc2NC1=O)Nc1cccc(I)c1. The second kappa shape index (κ2) is 6.35. The van der Waals surface area contributed by atoms with Gasteiger partial charge in [-0.2, -0.15) is 0 Å². The Kier molecular flexibility index (Phi) is 4.28. The van der Waals surface area contributed by atoms with Gasteiger partial charge in [0.25, 0.3) is 5.91 Å².